The molecule has 186 valence electrons. The summed E-state index contributed by atoms with van der Waals surface area (Å²) in [5.74, 6) is -0.116. The Labute approximate surface area is 210 Å². The smallest absolute Gasteiger partial charge is 0.262 e. The van der Waals surface area contributed by atoms with Crippen LogP contribution in [0.3, 0.4) is 0 Å². The van der Waals surface area contributed by atoms with E-state index in [9.17, 15) is 16.8 Å². The molecule has 2 heterocycles. The molecule has 0 aliphatic carbocycles. The van der Waals surface area contributed by atoms with Crippen molar-refractivity contribution in [1.82, 2.24) is 4.98 Å². The van der Waals surface area contributed by atoms with E-state index in [4.69, 9.17) is 9.72 Å². The van der Waals surface area contributed by atoms with Gasteiger partial charge in [-0.3, -0.25) is 4.72 Å². The first-order chi connectivity index (χ1) is 17.1. The van der Waals surface area contributed by atoms with Crippen molar-refractivity contribution in [1.29, 1.82) is 0 Å². The van der Waals surface area contributed by atoms with Gasteiger partial charge in [0.05, 0.1) is 34.2 Å². The van der Waals surface area contributed by atoms with Crippen LogP contribution < -0.4 is 9.03 Å². The second-order valence-corrected chi connectivity index (χ2v) is 12.3. The third-order valence-corrected chi connectivity index (χ3v) is 9.34. The third kappa shape index (κ3) is 4.67. The van der Waals surface area contributed by atoms with Crippen molar-refractivity contribution < 1.29 is 21.6 Å². The van der Waals surface area contributed by atoms with Gasteiger partial charge in [0.15, 0.2) is 0 Å². The maximum absolute atomic E-state index is 13.3. The van der Waals surface area contributed by atoms with Gasteiger partial charge in [-0.2, -0.15) is 0 Å². The lowest BCUT2D eigenvalue weighted by Crippen LogP contribution is -2.41. The minimum atomic E-state index is -3.94. The lowest BCUT2D eigenvalue weighted by Gasteiger charge is -2.28. The molecule has 10 heteroatoms. The van der Waals surface area contributed by atoms with Gasteiger partial charge in [0.1, 0.15) is 6.73 Å². The van der Waals surface area contributed by atoms with Gasteiger partial charge in [-0.25, -0.2) is 26.1 Å². The molecule has 36 heavy (non-hydrogen) atoms. The minimum absolute atomic E-state index is 0.0625. The van der Waals surface area contributed by atoms with Crippen LogP contribution in [0.2, 0.25) is 0 Å². The Hall–Kier alpha value is -3.47. The monoisotopic (exact) mass is 523 g/mol. The molecule has 0 saturated carbocycles. The number of benzene rings is 3. The number of anilines is 2. The Bertz CT molecular complexity index is 1690. The maximum atomic E-state index is 13.3. The molecule has 1 fully saturated rings. The van der Waals surface area contributed by atoms with E-state index in [1.165, 1.54) is 12.1 Å². The molecule has 1 aromatic heterocycles. The van der Waals surface area contributed by atoms with Crippen molar-refractivity contribution in [2.45, 2.75) is 18.7 Å². The topological polar surface area (TPSA) is 106 Å². The number of pyridine rings is 1. The highest BCUT2D eigenvalue weighted by Gasteiger charge is 2.28. The van der Waals surface area contributed by atoms with Gasteiger partial charge >= 0.3 is 0 Å². The zero-order valence-electron chi connectivity index (χ0n) is 19.8. The molecule has 1 aliphatic rings. The highest BCUT2D eigenvalue weighted by atomic mass is 32.2. The number of ether oxygens (including phenoxy) is 1. The highest BCUT2D eigenvalue weighted by molar-refractivity contribution is 7.93. The van der Waals surface area contributed by atoms with Crippen molar-refractivity contribution in [3.8, 4) is 11.3 Å². The maximum Gasteiger partial charge on any atom is 0.262 e. The Morgan fingerprint density at radius 1 is 0.944 bits per heavy atom. The summed E-state index contributed by atoms with van der Waals surface area (Å²) in [7, 11) is -7.44. The van der Waals surface area contributed by atoms with Gasteiger partial charge in [-0.1, -0.05) is 30.3 Å². The molecule has 0 bridgehead atoms. The molecule has 0 amide bonds. The number of sulfonamides is 2. The van der Waals surface area contributed by atoms with Gasteiger partial charge in [0.25, 0.3) is 10.0 Å². The fourth-order valence-electron chi connectivity index (χ4n) is 4.22. The third-order valence-electron chi connectivity index (χ3n) is 6.13. The van der Waals surface area contributed by atoms with Gasteiger partial charge in [0, 0.05) is 16.6 Å². The molecule has 3 aromatic carbocycles. The first-order valence-corrected chi connectivity index (χ1v) is 14.4. The summed E-state index contributed by atoms with van der Waals surface area (Å²) in [5, 5.41) is 1.03. The van der Waals surface area contributed by atoms with E-state index in [0.29, 0.717) is 16.9 Å². The van der Waals surface area contributed by atoms with Crippen molar-refractivity contribution in [3.05, 3.63) is 83.9 Å². The minimum Gasteiger partial charge on any atom is -0.359 e. The first-order valence-electron chi connectivity index (χ1n) is 11.3. The lowest BCUT2D eigenvalue weighted by molar-refractivity contribution is 0.149. The molecule has 1 N–H and O–H groups in total. The number of nitrogens with one attached hydrogen (secondary N) is 1. The SMILES string of the molecule is Cc1ccc(NS(=O)(=O)c2ccc(N3COCCS3(=O)=O)cc2C)cc1-c1ccc2ccccc2n1. The molecule has 0 spiro atoms. The molecule has 1 aliphatic heterocycles. The van der Waals surface area contributed by atoms with Crippen LogP contribution in [-0.4, -0.2) is 40.9 Å². The number of fused-ring (bicyclic) bond motifs is 1. The molecular weight excluding hydrogens is 498 g/mol. The number of aromatic nitrogens is 1. The standard InChI is InChI=1S/C26H25N3O5S2/c1-18-7-9-21(16-23(18)25-11-8-20-5-3-4-6-24(20)27-25)28-36(32,33)26-12-10-22(15-19(26)2)29-17-34-13-14-35(29,30)31/h3-12,15-16,28H,13-14,17H2,1-2H3. The number of hydrogen-bond donors (Lipinski definition) is 1. The van der Waals surface area contributed by atoms with Crippen molar-refractivity contribution in [3.63, 3.8) is 0 Å². The number of aryl methyl sites for hydroxylation is 2. The van der Waals surface area contributed by atoms with E-state index in [0.717, 1.165) is 32.0 Å². The molecule has 8 nitrogen and oxygen atoms in total. The lowest BCUT2D eigenvalue weighted by atomic mass is 10.0. The summed E-state index contributed by atoms with van der Waals surface area (Å²) in [6, 6.07) is 21.5. The number of rotatable bonds is 5. The Morgan fingerprint density at radius 3 is 2.53 bits per heavy atom. The second-order valence-electron chi connectivity index (χ2n) is 8.68. The van der Waals surface area contributed by atoms with Crippen LogP contribution in [0.4, 0.5) is 11.4 Å². The average Bonchev–Trinajstić information content (AvgIpc) is 2.84. The summed E-state index contributed by atoms with van der Waals surface area (Å²) in [6.45, 7) is 3.63. The van der Waals surface area contributed by atoms with E-state index in [2.05, 4.69) is 4.72 Å². The Balaban J connectivity index is 1.45. The fourth-order valence-corrected chi connectivity index (χ4v) is 6.71. The van der Waals surface area contributed by atoms with Gasteiger partial charge in [0.2, 0.25) is 10.0 Å². The number of para-hydroxylation sites is 1. The predicted octanol–water partition coefficient (Wildman–Crippen LogP) is 4.44. The van der Waals surface area contributed by atoms with E-state index < -0.39 is 20.0 Å². The van der Waals surface area contributed by atoms with E-state index in [1.807, 2.05) is 49.4 Å². The van der Waals surface area contributed by atoms with Gasteiger partial charge < -0.3 is 4.74 Å². The van der Waals surface area contributed by atoms with Crippen molar-refractivity contribution in [2.24, 2.45) is 0 Å². The molecule has 5 rings (SSSR count). The van der Waals surface area contributed by atoms with Crippen molar-refractivity contribution >= 4 is 42.3 Å². The van der Waals surface area contributed by atoms with Crippen LogP contribution in [0, 0.1) is 13.8 Å². The average molecular weight is 524 g/mol. The summed E-state index contributed by atoms with van der Waals surface area (Å²) in [5.41, 5.74) is 4.58. The normalized spacial score (nSPS) is 15.7. The van der Waals surface area contributed by atoms with Gasteiger partial charge in [-0.15, -0.1) is 0 Å². The molecule has 0 radical (unpaired) electrons. The second kappa shape index (κ2) is 9.20. The predicted molar refractivity (Wildman–Crippen MR) is 141 cm³/mol. The number of nitrogens with zero attached hydrogens (tertiary/aromatic N) is 2. The van der Waals surface area contributed by atoms with Gasteiger partial charge in [-0.05, 0) is 67.4 Å². The van der Waals surface area contributed by atoms with Crippen LogP contribution >= 0.6 is 0 Å². The van der Waals surface area contributed by atoms with Crippen LogP contribution in [-0.2, 0) is 24.8 Å². The van der Waals surface area contributed by atoms with Crippen LogP contribution in [0.25, 0.3) is 22.2 Å². The Kier molecular flexibility index (Phi) is 6.19. The van der Waals surface area contributed by atoms with Crippen LogP contribution in [0.5, 0.6) is 0 Å². The van der Waals surface area contributed by atoms with Crippen molar-refractivity contribution in [2.75, 3.05) is 28.1 Å². The molecule has 0 unspecified atom stereocenters. The molecule has 4 aromatic rings. The van der Waals surface area contributed by atoms with Crippen LogP contribution in [0.15, 0.2) is 77.7 Å². The first kappa shape index (κ1) is 24.2. The largest absolute Gasteiger partial charge is 0.359 e. The Morgan fingerprint density at radius 2 is 1.75 bits per heavy atom. The molecule has 0 atom stereocenters. The van der Waals surface area contributed by atoms with Crippen LogP contribution in [0.1, 0.15) is 11.1 Å². The fraction of sp³-hybridized carbons (Fsp3) is 0.192. The molecule has 1 saturated heterocycles. The zero-order chi connectivity index (χ0) is 25.5. The number of hydrogen-bond acceptors (Lipinski definition) is 6. The van der Waals surface area contributed by atoms with E-state index in [-0.39, 0.29) is 24.0 Å². The highest BCUT2D eigenvalue weighted by Crippen LogP contribution is 2.30. The summed E-state index contributed by atoms with van der Waals surface area (Å²) in [6.07, 6.45) is 0. The summed E-state index contributed by atoms with van der Waals surface area (Å²) < 4.78 is 60.4. The quantitative estimate of drug-likeness (QED) is 0.415. The van der Waals surface area contributed by atoms with E-state index in [1.54, 1.807) is 25.1 Å². The summed E-state index contributed by atoms with van der Waals surface area (Å²) in [4.78, 5) is 4.80. The molecular formula is C26H25N3O5S2. The van der Waals surface area contributed by atoms with E-state index >= 15 is 0 Å². The summed E-state index contributed by atoms with van der Waals surface area (Å²) >= 11 is 0. The zero-order valence-corrected chi connectivity index (χ0v) is 21.4.